The number of hydrogen-bond donors (Lipinski definition) is 1. The van der Waals surface area contributed by atoms with Crippen molar-refractivity contribution in [2.75, 3.05) is 18.5 Å². The van der Waals surface area contributed by atoms with Gasteiger partial charge in [0.05, 0.1) is 30.0 Å². The van der Waals surface area contributed by atoms with E-state index in [4.69, 9.17) is 4.74 Å². The van der Waals surface area contributed by atoms with Crippen LogP contribution in [-0.2, 0) is 10.9 Å². The monoisotopic (exact) mass is 302 g/mol. The fourth-order valence-electron chi connectivity index (χ4n) is 2.21. The maximum Gasteiger partial charge on any atom is 0.418 e. The summed E-state index contributed by atoms with van der Waals surface area (Å²) in [5.41, 5.74) is -1.09. The number of ether oxygens (including phenoxy) is 1. The maximum atomic E-state index is 12.9. The molecule has 0 bridgehead atoms. The molecule has 1 aliphatic heterocycles. The van der Waals surface area contributed by atoms with Crippen LogP contribution in [0.4, 0.5) is 23.7 Å². The van der Waals surface area contributed by atoms with Gasteiger partial charge < -0.3 is 15.0 Å². The van der Waals surface area contributed by atoms with Gasteiger partial charge >= 0.3 is 12.2 Å². The summed E-state index contributed by atoms with van der Waals surface area (Å²) in [6.07, 6.45) is -4.64. The lowest BCUT2D eigenvalue weighted by atomic mass is 10.1. The zero-order chi connectivity index (χ0) is 15.6. The van der Waals surface area contributed by atoms with E-state index in [1.165, 1.54) is 23.1 Å². The van der Waals surface area contributed by atoms with E-state index in [9.17, 15) is 18.0 Å². The summed E-state index contributed by atoms with van der Waals surface area (Å²) in [6, 6.07) is 4.21. The fourth-order valence-corrected chi connectivity index (χ4v) is 2.21. The number of anilines is 1. The molecule has 0 aliphatic carbocycles. The van der Waals surface area contributed by atoms with Crippen LogP contribution < -0.4 is 5.32 Å². The molecule has 21 heavy (non-hydrogen) atoms. The first-order valence-corrected chi connectivity index (χ1v) is 6.64. The second kappa shape index (κ2) is 5.93. The van der Waals surface area contributed by atoms with Gasteiger partial charge in [0.15, 0.2) is 0 Å². The van der Waals surface area contributed by atoms with Crippen molar-refractivity contribution in [3.63, 3.8) is 0 Å². The molecule has 1 aliphatic rings. The minimum absolute atomic E-state index is 0.134. The van der Waals surface area contributed by atoms with Gasteiger partial charge in [0.25, 0.3) is 0 Å². The Morgan fingerprint density at radius 3 is 2.67 bits per heavy atom. The molecule has 2 atom stereocenters. The average Bonchev–Trinajstić information content (AvgIpc) is 2.41. The summed E-state index contributed by atoms with van der Waals surface area (Å²) < 4.78 is 44.1. The van der Waals surface area contributed by atoms with E-state index in [1.807, 2.05) is 6.92 Å². The van der Waals surface area contributed by atoms with Crippen molar-refractivity contribution in [1.82, 2.24) is 4.90 Å². The van der Waals surface area contributed by atoms with Crippen LogP contribution >= 0.6 is 0 Å². The van der Waals surface area contributed by atoms with Crippen LogP contribution in [0.3, 0.4) is 0 Å². The van der Waals surface area contributed by atoms with Crippen LogP contribution in [-0.4, -0.2) is 36.2 Å². The highest BCUT2D eigenvalue weighted by Gasteiger charge is 2.34. The Hall–Kier alpha value is -1.76. The van der Waals surface area contributed by atoms with Gasteiger partial charge in [-0.25, -0.2) is 4.79 Å². The van der Waals surface area contributed by atoms with Crippen LogP contribution in [0.2, 0.25) is 0 Å². The average molecular weight is 302 g/mol. The molecule has 7 heteroatoms. The van der Waals surface area contributed by atoms with Crippen molar-refractivity contribution in [3.05, 3.63) is 29.8 Å². The molecule has 2 unspecified atom stereocenters. The number of urea groups is 1. The second-order valence-corrected chi connectivity index (χ2v) is 5.12. The lowest BCUT2D eigenvalue weighted by molar-refractivity contribution is -0.136. The summed E-state index contributed by atoms with van der Waals surface area (Å²) in [5, 5.41) is 2.35. The molecule has 1 fully saturated rings. The van der Waals surface area contributed by atoms with Gasteiger partial charge in [-0.1, -0.05) is 12.1 Å². The van der Waals surface area contributed by atoms with Crippen molar-refractivity contribution < 1.29 is 22.7 Å². The molecule has 1 N–H and O–H groups in total. The number of amides is 2. The van der Waals surface area contributed by atoms with Crippen molar-refractivity contribution in [2.45, 2.75) is 32.2 Å². The number of benzene rings is 1. The van der Waals surface area contributed by atoms with Gasteiger partial charge in [0.2, 0.25) is 0 Å². The van der Waals surface area contributed by atoms with Gasteiger partial charge in [-0.3, -0.25) is 0 Å². The third-order valence-electron chi connectivity index (χ3n) is 3.34. The molecule has 1 aromatic rings. The zero-order valence-electron chi connectivity index (χ0n) is 11.8. The van der Waals surface area contributed by atoms with Gasteiger partial charge in [0.1, 0.15) is 0 Å². The summed E-state index contributed by atoms with van der Waals surface area (Å²) in [5.74, 6) is 0. The molecule has 0 saturated carbocycles. The first kappa shape index (κ1) is 15.6. The Morgan fingerprint density at radius 1 is 1.33 bits per heavy atom. The molecule has 1 saturated heterocycles. The first-order valence-electron chi connectivity index (χ1n) is 6.64. The molecule has 0 radical (unpaired) electrons. The summed E-state index contributed by atoms with van der Waals surface area (Å²) >= 11 is 0. The normalized spacial score (nSPS) is 23.0. The molecular formula is C14H17F3N2O2. The number of rotatable bonds is 1. The highest BCUT2D eigenvalue weighted by molar-refractivity contribution is 5.90. The number of nitrogens with one attached hydrogen (secondary N) is 1. The topological polar surface area (TPSA) is 41.6 Å². The number of carbonyl (C=O) groups excluding carboxylic acids is 1. The number of carbonyl (C=O) groups is 1. The lowest BCUT2D eigenvalue weighted by Crippen LogP contribution is -2.51. The molecule has 1 heterocycles. The van der Waals surface area contributed by atoms with Crippen molar-refractivity contribution in [3.8, 4) is 0 Å². The maximum absolute atomic E-state index is 12.9. The van der Waals surface area contributed by atoms with Crippen LogP contribution in [0, 0.1) is 0 Å². The molecule has 2 rings (SSSR count). The van der Waals surface area contributed by atoms with Gasteiger partial charge in [-0.2, -0.15) is 13.2 Å². The van der Waals surface area contributed by atoms with Gasteiger partial charge in [0, 0.05) is 6.54 Å². The van der Waals surface area contributed by atoms with E-state index in [-0.39, 0.29) is 17.8 Å². The van der Waals surface area contributed by atoms with Crippen LogP contribution in [0.1, 0.15) is 19.4 Å². The van der Waals surface area contributed by atoms with E-state index in [0.717, 1.165) is 6.07 Å². The number of morpholine rings is 1. The second-order valence-electron chi connectivity index (χ2n) is 5.12. The van der Waals surface area contributed by atoms with Crippen LogP contribution in [0.25, 0.3) is 0 Å². The van der Waals surface area contributed by atoms with Gasteiger partial charge in [-0.05, 0) is 26.0 Å². The largest absolute Gasteiger partial charge is 0.418 e. The number of alkyl halides is 3. The Kier molecular flexibility index (Phi) is 4.41. The Labute approximate surface area is 120 Å². The quantitative estimate of drug-likeness (QED) is 0.864. The minimum atomic E-state index is -4.51. The minimum Gasteiger partial charge on any atom is -0.375 e. The summed E-state index contributed by atoms with van der Waals surface area (Å²) in [6.45, 7) is 4.33. The van der Waals surface area contributed by atoms with E-state index in [1.54, 1.807) is 6.92 Å². The molecule has 116 valence electrons. The molecule has 0 aromatic heterocycles. The Balaban J connectivity index is 2.16. The summed E-state index contributed by atoms with van der Waals surface area (Å²) in [7, 11) is 0. The van der Waals surface area contributed by atoms with Crippen molar-refractivity contribution >= 4 is 11.7 Å². The zero-order valence-corrected chi connectivity index (χ0v) is 11.8. The van der Waals surface area contributed by atoms with E-state index in [2.05, 4.69) is 5.32 Å². The fraction of sp³-hybridized carbons (Fsp3) is 0.500. The van der Waals surface area contributed by atoms with E-state index in [0.29, 0.717) is 13.2 Å². The molecule has 4 nitrogen and oxygen atoms in total. The molecular weight excluding hydrogens is 285 g/mol. The van der Waals surface area contributed by atoms with Gasteiger partial charge in [-0.15, -0.1) is 0 Å². The smallest absolute Gasteiger partial charge is 0.375 e. The molecule has 1 aromatic carbocycles. The van der Waals surface area contributed by atoms with Crippen LogP contribution in [0.5, 0.6) is 0 Å². The van der Waals surface area contributed by atoms with E-state index < -0.39 is 17.8 Å². The molecule has 0 spiro atoms. The third kappa shape index (κ3) is 3.66. The Bertz CT molecular complexity index is 519. The highest BCUT2D eigenvalue weighted by atomic mass is 19.4. The first-order chi connectivity index (χ1) is 9.79. The number of halogens is 3. The molecule has 2 amide bonds. The third-order valence-corrected chi connectivity index (χ3v) is 3.34. The SMILES string of the molecule is CC1CN(C(=O)Nc2ccccc2C(F)(F)F)C(C)CO1. The van der Waals surface area contributed by atoms with E-state index >= 15 is 0 Å². The lowest BCUT2D eigenvalue weighted by Gasteiger charge is -2.36. The standard InChI is InChI=1S/C14H17F3N2O2/c1-9-8-21-10(2)7-19(9)13(20)18-12-6-4-3-5-11(12)14(15,16)17/h3-6,9-10H,7-8H2,1-2H3,(H,18,20). The predicted octanol–water partition coefficient (Wildman–Crippen LogP) is 3.35. The predicted molar refractivity (Wildman–Crippen MR) is 72.0 cm³/mol. The van der Waals surface area contributed by atoms with Crippen LogP contribution in [0.15, 0.2) is 24.3 Å². The summed E-state index contributed by atoms with van der Waals surface area (Å²) in [4.78, 5) is 13.7. The Morgan fingerprint density at radius 2 is 2.00 bits per heavy atom. The highest BCUT2D eigenvalue weighted by Crippen LogP contribution is 2.34. The number of para-hydroxylation sites is 1. The number of hydrogen-bond acceptors (Lipinski definition) is 2. The number of nitrogens with zero attached hydrogens (tertiary/aromatic N) is 1. The van der Waals surface area contributed by atoms with Crippen molar-refractivity contribution in [2.24, 2.45) is 0 Å². The van der Waals surface area contributed by atoms with Crippen molar-refractivity contribution in [1.29, 1.82) is 0 Å².